The Morgan fingerprint density at radius 2 is 2.09 bits per heavy atom. The number of furan rings is 1. The summed E-state index contributed by atoms with van der Waals surface area (Å²) in [5, 5.41) is 9.13. The molecule has 2 rings (SSSR count). The summed E-state index contributed by atoms with van der Waals surface area (Å²) < 4.78 is 5.63. The second-order valence-electron chi connectivity index (χ2n) is 5.77. The molecule has 0 radical (unpaired) electrons. The highest BCUT2D eigenvalue weighted by Gasteiger charge is 2.33. The topological polar surface area (TPSA) is 91.1 Å². The maximum Gasteiger partial charge on any atom is 0.308 e. The van der Waals surface area contributed by atoms with Crippen LogP contribution in [0, 0.1) is 5.92 Å². The number of carbonyl (C=O) groups excluding carboxylic acids is 2. The van der Waals surface area contributed by atoms with E-state index in [4.69, 9.17) is 9.52 Å². The molecular weight excluding hydrogens is 368 g/mol. The Labute approximate surface area is 142 Å². The van der Waals surface area contributed by atoms with Crippen molar-refractivity contribution in [1.82, 2.24) is 9.80 Å². The van der Waals surface area contributed by atoms with Crippen LogP contribution < -0.4 is 0 Å². The van der Waals surface area contributed by atoms with Crippen LogP contribution in [-0.4, -0.2) is 58.9 Å². The number of hydrogen-bond acceptors (Lipinski definition) is 4. The van der Waals surface area contributed by atoms with Crippen LogP contribution in [-0.2, 0) is 9.59 Å². The van der Waals surface area contributed by atoms with E-state index in [9.17, 15) is 14.4 Å². The number of amides is 2. The van der Waals surface area contributed by atoms with E-state index in [1.54, 1.807) is 11.0 Å². The van der Waals surface area contributed by atoms with Gasteiger partial charge < -0.3 is 19.3 Å². The molecule has 2 unspecified atom stereocenters. The van der Waals surface area contributed by atoms with E-state index in [1.165, 1.54) is 18.0 Å². The second kappa shape index (κ2) is 7.16. The molecule has 1 aliphatic heterocycles. The van der Waals surface area contributed by atoms with E-state index in [-0.39, 0.29) is 30.8 Å². The fourth-order valence-corrected chi connectivity index (χ4v) is 2.95. The maximum absolute atomic E-state index is 12.4. The van der Waals surface area contributed by atoms with E-state index < -0.39 is 17.8 Å². The van der Waals surface area contributed by atoms with Gasteiger partial charge in [0.2, 0.25) is 5.91 Å². The van der Waals surface area contributed by atoms with Crippen molar-refractivity contribution in [2.75, 3.05) is 20.1 Å². The number of rotatable bonds is 4. The van der Waals surface area contributed by atoms with E-state index >= 15 is 0 Å². The summed E-state index contributed by atoms with van der Waals surface area (Å²) in [6.07, 6.45) is 1.21. The van der Waals surface area contributed by atoms with E-state index in [0.717, 1.165) is 0 Å². The van der Waals surface area contributed by atoms with E-state index in [0.29, 0.717) is 17.5 Å². The van der Waals surface area contributed by atoms with Crippen molar-refractivity contribution >= 4 is 33.7 Å². The minimum Gasteiger partial charge on any atom is -0.481 e. The van der Waals surface area contributed by atoms with Gasteiger partial charge in [0.25, 0.3) is 5.91 Å². The van der Waals surface area contributed by atoms with Crippen molar-refractivity contribution in [1.29, 1.82) is 0 Å². The molecule has 2 heterocycles. The van der Waals surface area contributed by atoms with Crippen molar-refractivity contribution in [3.63, 3.8) is 0 Å². The molecule has 8 heteroatoms. The van der Waals surface area contributed by atoms with Crippen molar-refractivity contribution in [3.05, 3.63) is 22.6 Å². The number of piperidine rings is 1. The lowest BCUT2D eigenvalue weighted by atomic mass is 9.93. The predicted octanol–water partition coefficient (Wildman–Crippen LogP) is 1.83. The Balaban J connectivity index is 1.99. The average Bonchev–Trinajstić information content (AvgIpc) is 2.92. The first-order valence-corrected chi connectivity index (χ1v) is 8.12. The number of carbonyl (C=O) groups is 3. The number of likely N-dealkylation sites (tertiary alicyclic amines) is 1. The number of nitrogens with zero attached hydrogens (tertiary/aromatic N) is 2. The molecule has 0 spiro atoms. The monoisotopic (exact) mass is 386 g/mol. The van der Waals surface area contributed by atoms with Gasteiger partial charge in [-0.15, -0.1) is 0 Å². The first-order chi connectivity index (χ1) is 10.8. The molecule has 7 nitrogen and oxygen atoms in total. The summed E-state index contributed by atoms with van der Waals surface area (Å²) in [7, 11) is 1.51. The number of aliphatic carboxylic acids is 1. The summed E-state index contributed by atoms with van der Waals surface area (Å²) in [5.74, 6) is -1.95. The lowest BCUT2D eigenvalue weighted by Crippen LogP contribution is -2.50. The molecule has 1 aromatic heterocycles. The van der Waals surface area contributed by atoms with Crippen LogP contribution >= 0.6 is 15.9 Å². The molecule has 23 heavy (non-hydrogen) atoms. The van der Waals surface area contributed by atoms with Gasteiger partial charge >= 0.3 is 5.97 Å². The molecular formula is C15H19BrN2O5. The first-order valence-electron chi connectivity index (χ1n) is 7.32. The van der Waals surface area contributed by atoms with Crippen LogP contribution in [0.3, 0.4) is 0 Å². The molecule has 2 amide bonds. The highest BCUT2D eigenvalue weighted by molar-refractivity contribution is 9.10. The number of carboxylic acids is 1. The summed E-state index contributed by atoms with van der Waals surface area (Å²) in [5.41, 5.74) is 0. The number of hydrogen-bond donors (Lipinski definition) is 1. The molecule has 1 saturated heterocycles. The standard InChI is InChI=1S/C15H19BrN2O5/c1-9-3-4-10(15(21)22)7-18(9)13(19)8-17(2)14(20)11-5-6-12(16)23-11/h5-6,9-10H,3-4,7-8H2,1-2H3,(H,21,22). The summed E-state index contributed by atoms with van der Waals surface area (Å²) in [4.78, 5) is 38.5. The largest absolute Gasteiger partial charge is 0.481 e. The van der Waals surface area contributed by atoms with Crippen LogP contribution in [0.4, 0.5) is 0 Å². The van der Waals surface area contributed by atoms with Gasteiger partial charge in [0, 0.05) is 19.6 Å². The van der Waals surface area contributed by atoms with Gasteiger partial charge in [-0.2, -0.15) is 0 Å². The average molecular weight is 387 g/mol. The van der Waals surface area contributed by atoms with Gasteiger partial charge in [0.15, 0.2) is 10.4 Å². The van der Waals surface area contributed by atoms with Crippen LogP contribution in [0.25, 0.3) is 0 Å². The summed E-state index contributed by atoms with van der Waals surface area (Å²) in [6, 6.07) is 3.10. The quantitative estimate of drug-likeness (QED) is 0.851. The zero-order chi connectivity index (χ0) is 17.1. The van der Waals surface area contributed by atoms with Crippen LogP contribution in [0.1, 0.15) is 30.3 Å². The third kappa shape index (κ3) is 4.13. The van der Waals surface area contributed by atoms with E-state index in [1.807, 2.05) is 6.92 Å². The number of halogens is 1. The highest BCUT2D eigenvalue weighted by Crippen LogP contribution is 2.22. The van der Waals surface area contributed by atoms with E-state index in [2.05, 4.69) is 15.9 Å². The molecule has 1 aliphatic rings. The first kappa shape index (κ1) is 17.5. The van der Waals surface area contributed by atoms with Crippen molar-refractivity contribution in [2.24, 2.45) is 5.92 Å². The highest BCUT2D eigenvalue weighted by atomic mass is 79.9. The molecule has 0 bridgehead atoms. The number of likely N-dealkylation sites (N-methyl/N-ethyl adjacent to an activating group) is 1. The van der Waals surface area contributed by atoms with Gasteiger partial charge in [0.1, 0.15) is 0 Å². The third-order valence-electron chi connectivity index (χ3n) is 4.05. The Hall–Kier alpha value is -1.83. The predicted molar refractivity (Wildman–Crippen MR) is 84.9 cm³/mol. The van der Waals surface area contributed by atoms with Crippen LogP contribution in [0.5, 0.6) is 0 Å². The molecule has 1 fully saturated rings. The summed E-state index contributed by atoms with van der Waals surface area (Å²) >= 11 is 3.12. The van der Waals surface area contributed by atoms with Crippen molar-refractivity contribution in [2.45, 2.75) is 25.8 Å². The molecule has 0 aromatic carbocycles. The zero-order valence-corrected chi connectivity index (χ0v) is 14.6. The van der Waals surface area contributed by atoms with Crippen LogP contribution in [0.2, 0.25) is 0 Å². The van der Waals surface area contributed by atoms with Gasteiger partial charge in [-0.3, -0.25) is 14.4 Å². The SMILES string of the molecule is CC1CCC(C(=O)O)CN1C(=O)CN(C)C(=O)c1ccc(Br)o1. The summed E-state index contributed by atoms with van der Waals surface area (Å²) in [6.45, 7) is 1.96. The molecule has 1 aromatic rings. The Bertz CT molecular complexity index is 615. The molecule has 0 aliphatic carbocycles. The molecule has 2 atom stereocenters. The lowest BCUT2D eigenvalue weighted by molar-refractivity contribution is -0.147. The van der Waals surface area contributed by atoms with Crippen molar-refractivity contribution in [3.8, 4) is 0 Å². The minimum atomic E-state index is -0.889. The Kier molecular flexibility index (Phi) is 5.46. The fraction of sp³-hybridized carbons (Fsp3) is 0.533. The zero-order valence-electron chi connectivity index (χ0n) is 13.0. The third-order valence-corrected chi connectivity index (χ3v) is 4.48. The smallest absolute Gasteiger partial charge is 0.308 e. The minimum absolute atomic E-state index is 0.0284. The van der Waals surface area contributed by atoms with Crippen LogP contribution in [0.15, 0.2) is 21.2 Å². The second-order valence-corrected chi connectivity index (χ2v) is 6.55. The molecule has 1 N–H and O–H groups in total. The van der Waals surface area contributed by atoms with Gasteiger partial charge in [0.05, 0.1) is 12.5 Å². The van der Waals surface area contributed by atoms with Gasteiger partial charge in [-0.05, 0) is 47.8 Å². The Morgan fingerprint density at radius 1 is 1.39 bits per heavy atom. The Morgan fingerprint density at radius 3 is 2.65 bits per heavy atom. The molecule has 0 saturated carbocycles. The fourth-order valence-electron chi connectivity index (χ4n) is 2.64. The number of carboxylic acid groups (broad SMARTS) is 1. The molecule has 126 valence electrons. The maximum atomic E-state index is 12.4. The van der Waals surface area contributed by atoms with Gasteiger partial charge in [-0.1, -0.05) is 0 Å². The normalized spacial score (nSPS) is 21.1. The lowest BCUT2D eigenvalue weighted by Gasteiger charge is -2.37. The van der Waals surface area contributed by atoms with Gasteiger partial charge in [-0.25, -0.2) is 0 Å². The van der Waals surface area contributed by atoms with Crippen molar-refractivity contribution < 1.29 is 23.9 Å².